The molecule has 1 fully saturated rings. The molecular formula is C25H28N2O4. The first-order chi connectivity index (χ1) is 15.1. The van der Waals surface area contributed by atoms with E-state index in [4.69, 9.17) is 14.7 Å². The van der Waals surface area contributed by atoms with E-state index in [0.29, 0.717) is 18.0 Å². The molecule has 0 radical (unpaired) electrons. The zero-order valence-corrected chi connectivity index (χ0v) is 17.9. The van der Waals surface area contributed by atoms with E-state index in [2.05, 4.69) is 6.07 Å². The molecule has 0 atom stereocenters. The molecule has 1 aliphatic rings. The normalized spacial score (nSPS) is 14.5. The molecule has 2 aromatic rings. The molecule has 0 aliphatic heterocycles. The number of hydrogen-bond donors (Lipinski definition) is 0. The van der Waals surface area contributed by atoms with Crippen molar-refractivity contribution in [3.8, 4) is 11.8 Å². The Kier molecular flexibility index (Phi) is 7.66. The second kappa shape index (κ2) is 10.6. The average molecular weight is 421 g/mol. The van der Waals surface area contributed by atoms with Crippen LogP contribution in [0.15, 0.2) is 54.6 Å². The van der Waals surface area contributed by atoms with Crippen molar-refractivity contribution in [1.82, 2.24) is 0 Å². The van der Waals surface area contributed by atoms with Gasteiger partial charge in [0.05, 0.1) is 24.5 Å². The minimum Gasteiger partial charge on any atom is -0.494 e. The first-order valence-corrected chi connectivity index (χ1v) is 10.7. The highest BCUT2D eigenvalue weighted by Crippen LogP contribution is 2.42. The van der Waals surface area contributed by atoms with E-state index in [1.54, 1.807) is 24.3 Å². The molecule has 0 unspecified atom stereocenters. The van der Waals surface area contributed by atoms with Crippen LogP contribution in [0.5, 0.6) is 5.75 Å². The Morgan fingerprint density at radius 2 is 1.74 bits per heavy atom. The Bertz CT molecular complexity index is 913. The van der Waals surface area contributed by atoms with Gasteiger partial charge in [-0.25, -0.2) is 0 Å². The van der Waals surface area contributed by atoms with Gasteiger partial charge in [-0.3, -0.25) is 9.59 Å². The molecule has 162 valence electrons. The van der Waals surface area contributed by atoms with Gasteiger partial charge in [-0.15, -0.1) is 0 Å². The number of esters is 1. The first kappa shape index (κ1) is 22.4. The minimum absolute atomic E-state index is 0.181. The Morgan fingerprint density at radius 3 is 2.35 bits per heavy atom. The van der Waals surface area contributed by atoms with Gasteiger partial charge in [0.2, 0.25) is 0 Å². The third-order valence-electron chi connectivity index (χ3n) is 5.71. The lowest BCUT2D eigenvalue weighted by molar-refractivity contribution is -0.153. The van der Waals surface area contributed by atoms with E-state index in [1.165, 1.54) is 4.90 Å². The Balaban J connectivity index is 1.71. The van der Waals surface area contributed by atoms with Crippen molar-refractivity contribution >= 4 is 17.6 Å². The zero-order valence-electron chi connectivity index (χ0n) is 17.9. The van der Waals surface area contributed by atoms with E-state index in [9.17, 15) is 9.59 Å². The van der Waals surface area contributed by atoms with E-state index in [0.717, 1.165) is 31.2 Å². The minimum atomic E-state index is -0.682. The van der Waals surface area contributed by atoms with Crippen LogP contribution in [-0.4, -0.2) is 31.6 Å². The fourth-order valence-corrected chi connectivity index (χ4v) is 4.14. The number of anilines is 1. The fraction of sp³-hybridized carbons (Fsp3) is 0.400. The number of carbonyl (C=O) groups excluding carboxylic acids is 2. The van der Waals surface area contributed by atoms with Gasteiger partial charge in [-0.2, -0.15) is 5.26 Å². The van der Waals surface area contributed by atoms with Crippen LogP contribution in [0, 0.1) is 11.3 Å². The fourth-order valence-electron chi connectivity index (χ4n) is 4.14. The molecule has 1 amide bonds. The molecular weight excluding hydrogens is 392 g/mol. The van der Waals surface area contributed by atoms with Crippen LogP contribution in [0.3, 0.4) is 0 Å². The van der Waals surface area contributed by atoms with Crippen LogP contribution >= 0.6 is 0 Å². The maximum Gasteiger partial charge on any atom is 0.317 e. The maximum atomic E-state index is 13.1. The summed E-state index contributed by atoms with van der Waals surface area (Å²) in [5.41, 5.74) is 0.897. The van der Waals surface area contributed by atoms with Crippen LogP contribution in [0.2, 0.25) is 0 Å². The summed E-state index contributed by atoms with van der Waals surface area (Å²) < 4.78 is 11.0. The lowest BCUT2D eigenvalue weighted by Crippen LogP contribution is -2.39. The van der Waals surface area contributed by atoms with Gasteiger partial charge in [0, 0.05) is 12.2 Å². The number of rotatable bonds is 9. The molecule has 3 rings (SSSR count). The predicted octanol–water partition coefficient (Wildman–Crippen LogP) is 4.39. The van der Waals surface area contributed by atoms with Crippen LogP contribution in [0.4, 0.5) is 5.69 Å². The van der Waals surface area contributed by atoms with Crippen LogP contribution < -0.4 is 9.64 Å². The number of ether oxygens (including phenoxy) is 2. The largest absolute Gasteiger partial charge is 0.494 e. The molecule has 2 aromatic carbocycles. The van der Waals surface area contributed by atoms with Gasteiger partial charge in [-0.1, -0.05) is 43.2 Å². The van der Waals surface area contributed by atoms with Crippen molar-refractivity contribution in [2.45, 2.75) is 44.4 Å². The number of nitrogens with zero attached hydrogens (tertiary/aromatic N) is 2. The van der Waals surface area contributed by atoms with Crippen LogP contribution in [0.25, 0.3) is 0 Å². The van der Waals surface area contributed by atoms with E-state index >= 15 is 0 Å². The quantitative estimate of drug-likeness (QED) is 0.562. The van der Waals surface area contributed by atoms with E-state index in [-0.39, 0.29) is 31.4 Å². The third-order valence-corrected chi connectivity index (χ3v) is 5.71. The lowest BCUT2D eigenvalue weighted by Gasteiger charge is -2.28. The van der Waals surface area contributed by atoms with E-state index in [1.807, 2.05) is 37.3 Å². The van der Waals surface area contributed by atoms with Crippen LogP contribution in [-0.2, 0) is 19.7 Å². The third kappa shape index (κ3) is 5.24. The Labute approximate surface area is 183 Å². The Morgan fingerprint density at radius 1 is 1.06 bits per heavy atom. The van der Waals surface area contributed by atoms with Crippen molar-refractivity contribution < 1.29 is 19.1 Å². The smallest absolute Gasteiger partial charge is 0.317 e. The molecule has 31 heavy (non-hydrogen) atoms. The SMILES string of the molecule is CCOc1ccc(N(CCC#N)C(=O)COC(=O)C2(c3ccccc3)CCCC2)cc1. The molecule has 0 saturated heterocycles. The molecule has 1 saturated carbocycles. The van der Waals surface area contributed by atoms with Crippen LogP contribution in [0.1, 0.15) is 44.6 Å². The molecule has 0 aromatic heterocycles. The highest BCUT2D eigenvalue weighted by Gasteiger charge is 2.44. The first-order valence-electron chi connectivity index (χ1n) is 10.7. The van der Waals surface area contributed by atoms with Crippen molar-refractivity contribution in [2.24, 2.45) is 0 Å². The van der Waals surface area contributed by atoms with Crippen molar-refractivity contribution in [1.29, 1.82) is 5.26 Å². The lowest BCUT2D eigenvalue weighted by atomic mass is 9.79. The summed E-state index contributed by atoms with van der Waals surface area (Å²) >= 11 is 0. The number of hydrogen-bond acceptors (Lipinski definition) is 5. The summed E-state index contributed by atoms with van der Waals surface area (Å²) in [7, 11) is 0. The molecule has 1 aliphatic carbocycles. The summed E-state index contributed by atoms with van der Waals surface area (Å²) in [6.45, 7) is 2.32. The van der Waals surface area contributed by atoms with Gasteiger partial charge in [0.25, 0.3) is 5.91 Å². The monoisotopic (exact) mass is 420 g/mol. The number of carbonyl (C=O) groups is 2. The molecule has 0 bridgehead atoms. The average Bonchev–Trinajstić information content (AvgIpc) is 3.31. The number of amides is 1. The second-order valence-electron chi connectivity index (χ2n) is 7.61. The van der Waals surface area contributed by atoms with Gasteiger partial charge in [0.1, 0.15) is 5.75 Å². The molecule has 6 heteroatoms. The van der Waals surface area contributed by atoms with Gasteiger partial charge in [-0.05, 0) is 49.6 Å². The molecule has 0 spiro atoms. The zero-order chi connectivity index (χ0) is 22.1. The summed E-state index contributed by atoms with van der Waals surface area (Å²) in [5, 5.41) is 8.99. The molecule has 0 N–H and O–H groups in total. The molecule has 6 nitrogen and oxygen atoms in total. The van der Waals surface area contributed by atoms with Gasteiger partial charge >= 0.3 is 5.97 Å². The standard InChI is InChI=1S/C25H28N2O4/c1-2-30-22-13-11-21(12-14-22)27(18-8-17-26)23(28)19-31-24(29)25(15-6-7-16-25)20-9-4-3-5-10-20/h3-5,9-14H,2,6-8,15-16,18-19H2,1H3. The topological polar surface area (TPSA) is 79.6 Å². The summed E-state index contributed by atoms with van der Waals surface area (Å²) in [6.07, 6.45) is 3.54. The van der Waals surface area contributed by atoms with Crippen molar-refractivity contribution in [3.63, 3.8) is 0 Å². The summed E-state index contributed by atoms with van der Waals surface area (Å²) in [4.78, 5) is 27.5. The van der Waals surface area contributed by atoms with Crippen molar-refractivity contribution in [3.05, 3.63) is 60.2 Å². The Hall–Kier alpha value is -3.33. The predicted molar refractivity (Wildman–Crippen MR) is 118 cm³/mol. The summed E-state index contributed by atoms with van der Waals surface area (Å²) in [5.74, 6) is 0.00171. The number of benzene rings is 2. The summed E-state index contributed by atoms with van der Waals surface area (Å²) in [6, 6.07) is 18.8. The van der Waals surface area contributed by atoms with Gasteiger partial charge in [0.15, 0.2) is 6.61 Å². The highest BCUT2D eigenvalue weighted by molar-refractivity contribution is 5.96. The van der Waals surface area contributed by atoms with E-state index < -0.39 is 5.41 Å². The maximum absolute atomic E-state index is 13.1. The second-order valence-corrected chi connectivity index (χ2v) is 7.61. The molecule has 0 heterocycles. The highest BCUT2D eigenvalue weighted by atomic mass is 16.5. The van der Waals surface area contributed by atoms with Crippen molar-refractivity contribution in [2.75, 3.05) is 24.7 Å². The number of nitriles is 1. The van der Waals surface area contributed by atoms with Gasteiger partial charge < -0.3 is 14.4 Å².